The molecule has 0 aliphatic carbocycles. The van der Waals surface area contributed by atoms with Crippen LogP contribution in [0, 0.1) is 5.92 Å². The van der Waals surface area contributed by atoms with Crippen molar-refractivity contribution >= 4 is 49.4 Å². The van der Waals surface area contributed by atoms with E-state index in [9.17, 15) is 9.59 Å². The Hall–Kier alpha value is -0.920. The van der Waals surface area contributed by atoms with E-state index in [0.717, 1.165) is 53.4 Å². The number of rotatable bonds is 7. The van der Waals surface area contributed by atoms with Crippen LogP contribution in [-0.2, 0) is 9.59 Å². The van der Waals surface area contributed by atoms with E-state index in [0.29, 0.717) is 6.54 Å². The normalized spacial score (nSPS) is 19.0. The third kappa shape index (κ3) is 6.06. The highest BCUT2D eigenvalue weighted by molar-refractivity contribution is 9.11. The number of carbonyl (C=O) groups is 2. The molecular weight excluding hydrogens is 462 g/mol. The molecule has 2 N–H and O–H groups in total. The number of amides is 2. The quantitative estimate of drug-likeness (QED) is 0.566. The van der Waals surface area contributed by atoms with Gasteiger partial charge in [0.25, 0.3) is 0 Å². The summed E-state index contributed by atoms with van der Waals surface area (Å²) in [7, 11) is 0. The van der Waals surface area contributed by atoms with E-state index in [2.05, 4.69) is 54.3 Å². The molecule has 0 radical (unpaired) electrons. The highest BCUT2D eigenvalue weighted by Crippen LogP contribution is 2.27. The topological polar surface area (TPSA) is 61.4 Å². The van der Waals surface area contributed by atoms with Crippen molar-refractivity contribution in [1.29, 1.82) is 0 Å². The lowest BCUT2D eigenvalue weighted by Crippen LogP contribution is -2.50. The first-order valence-corrected chi connectivity index (χ1v) is 10.8. The molecule has 2 rings (SSSR count). The minimum Gasteiger partial charge on any atom is -0.356 e. The number of piperidine rings is 1. The second-order valence-corrected chi connectivity index (χ2v) is 8.54. The van der Waals surface area contributed by atoms with Crippen LogP contribution >= 0.6 is 31.9 Å². The standard InChI is InChI=1S/C19H27Br2N3O2/c1-3-4-9-22-19(26)14-6-5-10-24(12-14)13(2)18(25)23-17-8-7-15(20)11-16(17)21/h7-8,11,13-14H,3-6,9-10,12H2,1-2H3,(H,22,26)(H,23,25). The van der Waals surface area contributed by atoms with E-state index < -0.39 is 0 Å². The molecule has 144 valence electrons. The third-order valence-electron chi connectivity index (χ3n) is 4.77. The first-order valence-electron chi connectivity index (χ1n) is 9.20. The van der Waals surface area contributed by atoms with Crippen molar-refractivity contribution in [2.24, 2.45) is 5.92 Å². The molecule has 1 saturated heterocycles. The number of hydrogen-bond donors (Lipinski definition) is 2. The molecule has 7 heteroatoms. The molecule has 0 aromatic heterocycles. The molecule has 1 fully saturated rings. The van der Waals surface area contributed by atoms with Crippen LogP contribution in [0.4, 0.5) is 5.69 Å². The number of benzene rings is 1. The Morgan fingerprint density at radius 2 is 2.12 bits per heavy atom. The Morgan fingerprint density at radius 1 is 1.35 bits per heavy atom. The second kappa shape index (κ2) is 10.4. The zero-order valence-electron chi connectivity index (χ0n) is 15.4. The fourth-order valence-corrected chi connectivity index (χ4v) is 4.24. The van der Waals surface area contributed by atoms with Crippen molar-refractivity contribution in [3.63, 3.8) is 0 Å². The number of nitrogens with zero attached hydrogens (tertiary/aromatic N) is 1. The predicted molar refractivity (Wildman–Crippen MR) is 112 cm³/mol. The van der Waals surface area contributed by atoms with Crippen LogP contribution in [-0.4, -0.2) is 42.4 Å². The summed E-state index contributed by atoms with van der Waals surface area (Å²) in [6.45, 7) is 6.22. The Morgan fingerprint density at radius 3 is 2.81 bits per heavy atom. The fourth-order valence-electron chi connectivity index (χ4n) is 3.10. The largest absolute Gasteiger partial charge is 0.356 e. The van der Waals surface area contributed by atoms with Gasteiger partial charge in [-0.05, 0) is 66.9 Å². The summed E-state index contributed by atoms with van der Waals surface area (Å²) in [6, 6.07) is 5.37. The molecule has 1 aliphatic rings. The zero-order valence-corrected chi connectivity index (χ0v) is 18.5. The maximum Gasteiger partial charge on any atom is 0.241 e. The van der Waals surface area contributed by atoms with Crippen molar-refractivity contribution in [2.75, 3.05) is 25.0 Å². The summed E-state index contributed by atoms with van der Waals surface area (Å²) < 4.78 is 1.78. The minimum atomic E-state index is -0.281. The fraction of sp³-hybridized carbons (Fsp3) is 0.579. The van der Waals surface area contributed by atoms with E-state index in [1.54, 1.807) is 0 Å². The van der Waals surface area contributed by atoms with Crippen LogP contribution in [0.5, 0.6) is 0 Å². The molecule has 0 saturated carbocycles. The van der Waals surface area contributed by atoms with Gasteiger partial charge < -0.3 is 10.6 Å². The highest BCUT2D eigenvalue weighted by atomic mass is 79.9. The minimum absolute atomic E-state index is 0.0322. The Balaban J connectivity index is 1.92. The first-order chi connectivity index (χ1) is 12.4. The molecule has 5 nitrogen and oxygen atoms in total. The van der Waals surface area contributed by atoms with Crippen LogP contribution in [0.25, 0.3) is 0 Å². The number of anilines is 1. The molecule has 26 heavy (non-hydrogen) atoms. The summed E-state index contributed by atoms with van der Waals surface area (Å²) in [5.74, 6) is 0.0294. The van der Waals surface area contributed by atoms with Gasteiger partial charge in [-0.25, -0.2) is 0 Å². The SMILES string of the molecule is CCCCNC(=O)C1CCCN(C(C)C(=O)Nc2ccc(Br)cc2Br)C1. The van der Waals surface area contributed by atoms with Gasteiger partial charge in [0.15, 0.2) is 0 Å². The van der Waals surface area contributed by atoms with E-state index in [1.165, 1.54) is 0 Å². The lowest BCUT2D eigenvalue weighted by molar-refractivity contribution is -0.129. The molecule has 0 spiro atoms. The molecule has 1 aromatic rings. The lowest BCUT2D eigenvalue weighted by atomic mass is 9.95. The Kier molecular flexibility index (Phi) is 8.57. The lowest BCUT2D eigenvalue weighted by Gasteiger charge is -2.35. The maximum absolute atomic E-state index is 12.7. The molecule has 1 aromatic carbocycles. The third-order valence-corrected chi connectivity index (χ3v) is 5.92. The first kappa shape index (κ1) is 21.4. The number of hydrogen-bond acceptors (Lipinski definition) is 3. The molecule has 2 unspecified atom stereocenters. The van der Waals surface area contributed by atoms with Crippen LogP contribution in [0.15, 0.2) is 27.1 Å². The van der Waals surface area contributed by atoms with Crippen LogP contribution in [0.2, 0.25) is 0 Å². The average Bonchev–Trinajstić information content (AvgIpc) is 2.63. The van der Waals surface area contributed by atoms with Gasteiger partial charge >= 0.3 is 0 Å². The van der Waals surface area contributed by atoms with Crippen LogP contribution < -0.4 is 10.6 Å². The smallest absolute Gasteiger partial charge is 0.241 e. The van der Waals surface area contributed by atoms with Gasteiger partial charge in [0, 0.05) is 22.0 Å². The summed E-state index contributed by atoms with van der Waals surface area (Å²) in [5, 5.41) is 5.99. The predicted octanol–water partition coefficient (Wildman–Crippen LogP) is 4.17. The van der Waals surface area contributed by atoms with Crippen molar-refractivity contribution in [2.45, 2.75) is 45.6 Å². The Bertz CT molecular complexity index is 639. The molecule has 1 aliphatic heterocycles. The van der Waals surface area contributed by atoms with Crippen LogP contribution in [0.3, 0.4) is 0 Å². The average molecular weight is 489 g/mol. The van der Waals surface area contributed by atoms with Gasteiger partial charge in [-0.2, -0.15) is 0 Å². The van der Waals surface area contributed by atoms with Gasteiger partial charge in [-0.15, -0.1) is 0 Å². The number of halogens is 2. The van der Waals surface area contributed by atoms with E-state index >= 15 is 0 Å². The van der Waals surface area contributed by atoms with Crippen molar-refractivity contribution in [1.82, 2.24) is 10.2 Å². The summed E-state index contributed by atoms with van der Waals surface area (Å²) >= 11 is 6.88. The summed E-state index contributed by atoms with van der Waals surface area (Å²) in [6.07, 6.45) is 3.90. The van der Waals surface area contributed by atoms with Gasteiger partial charge in [0.2, 0.25) is 11.8 Å². The highest BCUT2D eigenvalue weighted by Gasteiger charge is 2.30. The number of carbonyl (C=O) groups excluding carboxylic acids is 2. The van der Waals surface area contributed by atoms with E-state index in [-0.39, 0.29) is 23.8 Å². The Labute approximate surface area is 172 Å². The van der Waals surface area contributed by atoms with Crippen molar-refractivity contribution in [3.8, 4) is 0 Å². The molecular formula is C19H27Br2N3O2. The van der Waals surface area contributed by atoms with Gasteiger partial charge in [-0.3, -0.25) is 14.5 Å². The molecule has 2 amide bonds. The molecule has 1 heterocycles. The van der Waals surface area contributed by atoms with Crippen molar-refractivity contribution < 1.29 is 9.59 Å². The number of likely N-dealkylation sites (tertiary alicyclic amines) is 1. The van der Waals surface area contributed by atoms with Gasteiger partial charge in [0.05, 0.1) is 17.6 Å². The van der Waals surface area contributed by atoms with E-state index in [1.807, 2.05) is 25.1 Å². The summed E-state index contributed by atoms with van der Waals surface area (Å²) in [4.78, 5) is 27.1. The van der Waals surface area contributed by atoms with E-state index in [4.69, 9.17) is 0 Å². The number of unbranched alkanes of at least 4 members (excludes halogenated alkanes) is 1. The number of nitrogens with one attached hydrogen (secondary N) is 2. The molecule has 2 atom stereocenters. The van der Waals surface area contributed by atoms with Crippen molar-refractivity contribution in [3.05, 3.63) is 27.1 Å². The van der Waals surface area contributed by atoms with Gasteiger partial charge in [0.1, 0.15) is 0 Å². The second-order valence-electron chi connectivity index (χ2n) is 6.77. The zero-order chi connectivity index (χ0) is 19.1. The maximum atomic E-state index is 12.7. The molecule has 0 bridgehead atoms. The monoisotopic (exact) mass is 487 g/mol. The van der Waals surface area contributed by atoms with Gasteiger partial charge in [-0.1, -0.05) is 29.3 Å². The summed E-state index contributed by atoms with van der Waals surface area (Å²) in [5.41, 5.74) is 0.746. The van der Waals surface area contributed by atoms with Crippen LogP contribution in [0.1, 0.15) is 39.5 Å².